The summed E-state index contributed by atoms with van der Waals surface area (Å²) in [5.74, 6) is -0.951. The molecule has 1 aliphatic heterocycles. The van der Waals surface area contributed by atoms with Crippen LogP contribution in [0.25, 0.3) is 10.4 Å². The van der Waals surface area contributed by atoms with E-state index in [1.807, 2.05) is 4.98 Å². The Morgan fingerprint density at radius 2 is 2.16 bits per heavy atom. The van der Waals surface area contributed by atoms with Crippen LogP contribution in [0.15, 0.2) is 45.2 Å². The smallest absolute Gasteiger partial charge is 0.413 e. The van der Waals surface area contributed by atoms with Gasteiger partial charge in [-0.15, -0.1) is 0 Å². The van der Waals surface area contributed by atoms with E-state index in [9.17, 15) is 18.5 Å². The van der Waals surface area contributed by atoms with Crippen molar-refractivity contribution < 1.29 is 22.7 Å². The van der Waals surface area contributed by atoms with Gasteiger partial charge in [0.2, 0.25) is 5.82 Å². The molecule has 3 rings (SSSR count). The summed E-state index contributed by atoms with van der Waals surface area (Å²) >= 11 is 5.81. The summed E-state index contributed by atoms with van der Waals surface area (Å²) in [4.78, 5) is 27.8. The monoisotopic (exact) mass is 474 g/mol. The molecule has 1 fully saturated rings. The van der Waals surface area contributed by atoms with E-state index in [-0.39, 0.29) is 18.8 Å². The van der Waals surface area contributed by atoms with Crippen LogP contribution in [0.5, 0.6) is 5.75 Å². The van der Waals surface area contributed by atoms with E-state index in [2.05, 4.69) is 15.1 Å². The molecule has 1 aliphatic rings. The fourth-order valence-electron chi connectivity index (χ4n) is 2.84. The standard InChI is InChI=1S/C16H17ClFN6O6P/c1-20-31(27,30-10-4-2-9(17)3-5-10)28-8-13-12(22-23-19)6-14(29-13)24-7-11(18)15(25)21-16(24)26/h2-5,7,12-14H,6,8H2,1H3,(H,20,27)(H,21,25,26)/t12-,13+,14+,31?/m0/s1. The minimum atomic E-state index is -3.83. The molecule has 0 aliphatic carbocycles. The average Bonchev–Trinajstić information content (AvgIpc) is 3.14. The number of hydrogen-bond acceptors (Lipinski definition) is 7. The zero-order chi connectivity index (χ0) is 22.6. The second-order valence-electron chi connectivity index (χ2n) is 6.34. The predicted molar refractivity (Wildman–Crippen MR) is 107 cm³/mol. The normalized spacial score (nSPS) is 22.5. The summed E-state index contributed by atoms with van der Waals surface area (Å²) in [6, 6.07) is 5.26. The van der Waals surface area contributed by atoms with Gasteiger partial charge in [-0.2, -0.15) is 4.39 Å². The van der Waals surface area contributed by atoms with Gasteiger partial charge in [-0.1, -0.05) is 16.7 Å². The summed E-state index contributed by atoms with van der Waals surface area (Å²) in [6.45, 7) is -0.341. The Balaban J connectivity index is 1.74. The van der Waals surface area contributed by atoms with Crippen LogP contribution in [0.3, 0.4) is 0 Å². The molecule has 0 spiro atoms. The molecule has 15 heteroatoms. The topological polar surface area (TPSA) is 160 Å². The fraction of sp³-hybridized carbons (Fsp3) is 0.375. The molecule has 0 saturated carbocycles. The molecule has 0 radical (unpaired) electrons. The van der Waals surface area contributed by atoms with Crippen LogP contribution in [0.4, 0.5) is 4.39 Å². The molecule has 1 aromatic heterocycles. The maximum absolute atomic E-state index is 13.6. The van der Waals surface area contributed by atoms with Gasteiger partial charge in [-0.3, -0.25) is 18.9 Å². The molecule has 2 N–H and O–H groups in total. The van der Waals surface area contributed by atoms with Gasteiger partial charge in [0, 0.05) is 16.4 Å². The molecule has 0 bridgehead atoms. The molecule has 0 amide bonds. The summed E-state index contributed by atoms with van der Waals surface area (Å²) in [6.07, 6.45) is -1.29. The molecule has 1 saturated heterocycles. The quantitative estimate of drug-likeness (QED) is 0.257. The first-order valence-electron chi connectivity index (χ1n) is 8.84. The maximum Gasteiger partial charge on any atom is 0.458 e. The number of azide groups is 1. The number of nitrogens with one attached hydrogen (secondary N) is 2. The van der Waals surface area contributed by atoms with Crippen molar-refractivity contribution in [2.45, 2.75) is 24.8 Å². The molecular weight excluding hydrogens is 458 g/mol. The average molecular weight is 475 g/mol. The van der Waals surface area contributed by atoms with E-state index in [0.717, 1.165) is 4.57 Å². The Morgan fingerprint density at radius 1 is 1.45 bits per heavy atom. The van der Waals surface area contributed by atoms with Crippen LogP contribution in [0.1, 0.15) is 12.6 Å². The number of aromatic nitrogens is 2. The first-order valence-corrected chi connectivity index (χ1v) is 10.8. The second-order valence-corrected chi connectivity index (χ2v) is 8.66. The number of H-pyrrole nitrogens is 1. The van der Waals surface area contributed by atoms with Crippen molar-refractivity contribution in [3.63, 3.8) is 0 Å². The van der Waals surface area contributed by atoms with Crippen molar-refractivity contribution >= 4 is 19.3 Å². The fourth-order valence-corrected chi connectivity index (χ4v) is 3.98. The lowest BCUT2D eigenvalue weighted by Gasteiger charge is -2.21. The van der Waals surface area contributed by atoms with Gasteiger partial charge in [-0.25, -0.2) is 14.4 Å². The first kappa shape index (κ1) is 23.0. The van der Waals surface area contributed by atoms with Gasteiger partial charge in [0.1, 0.15) is 12.0 Å². The van der Waals surface area contributed by atoms with Crippen LogP contribution in [0.2, 0.25) is 5.02 Å². The van der Waals surface area contributed by atoms with Crippen LogP contribution >= 0.6 is 19.3 Å². The molecule has 1 aromatic carbocycles. The van der Waals surface area contributed by atoms with Crippen molar-refractivity contribution in [3.05, 3.63) is 72.6 Å². The van der Waals surface area contributed by atoms with Crippen molar-refractivity contribution in [1.29, 1.82) is 0 Å². The highest BCUT2D eigenvalue weighted by atomic mass is 35.5. The number of aromatic amines is 1. The number of ether oxygens (including phenoxy) is 1. The minimum Gasteiger partial charge on any atom is -0.413 e. The second kappa shape index (κ2) is 9.65. The van der Waals surface area contributed by atoms with Gasteiger partial charge in [0.25, 0.3) is 5.56 Å². The molecule has 12 nitrogen and oxygen atoms in total. The number of nitrogens with zero attached hydrogens (tertiary/aromatic N) is 4. The van der Waals surface area contributed by atoms with E-state index < -0.39 is 43.2 Å². The highest BCUT2D eigenvalue weighted by molar-refractivity contribution is 7.52. The van der Waals surface area contributed by atoms with Crippen molar-refractivity contribution in [2.24, 2.45) is 5.11 Å². The number of hydrogen-bond donors (Lipinski definition) is 2. The summed E-state index contributed by atoms with van der Waals surface area (Å²) in [5.41, 5.74) is 6.75. The number of halogens is 2. The predicted octanol–water partition coefficient (Wildman–Crippen LogP) is 2.72. The molecule has 2 heterocycles. The highest BCUT2D eigenvalue weighted by Crippen LogP contribution is 2.45. The largest absolute Gasteiger partial charge is 0.458 e. The van der Waals surface area contributed by atoms with Crippen LogP contribution in [0, 0.1) is 5.82 Å². The van der Waals surface area contributed by atoms with E-state index in [1.165, 1.54) is 19.2 Å². The van der Waals surface area contributed by atoms with Gasteiger partial charge >= 0.3 is 13.4 Å². The highest BCUT2D eigenvalue weighted by Gasteiger charge is 2.38. The summed E-state index contributed by atoms with van der Waals surface area (Å²) in [5, 5.41) is 6.51. The maximum atomic E-state index is 13.6. The molecule has 166 valence electrons. The minimum absolute atomic E-state index is 0.00856. The third kappa shape index (κ3) is 5.53. The van der Waals surface area contributed by atoms with Crippen molar-refractivity contribution in [1.82, 2.24) is 14.6 Å². The molecule has 2 aromatic rings. The third-order valence-corrected chi connectivity index (χ3v) is 6.10. The summed E-state index contributed by atoms with van der Waals surface area (Å²) < 4.78 is 43.7. The van der Waals surface area contributed by atoms with Crippen LogP contribution < -0.4 is 20.9 Å². The molecule has 31 heavy (non-hydrogen) atoms. The number of rotatable bonds is 8. The van der Waals surface area contributed by atoms with E-state index in [1.54, 1.807) is 12.1 Å². The Bertz CT molecular complexity index is 1150. The van der Waals surface area contributed by atoms with Crippen LogP contribution in [-0.2, 0) is 13.8 Å². The van der Waals surface area contributed by atoms with E-state index in [4.69, 9.17) is 30.9 Å². The zero-order valence-electron chi connectivity index (χ0n) is 16.0. The Labute approximate surface area is 179 Å². The first-order chi connectivity index (χ1) is 14.7. The van der Waals surface area contributed by atoms with Gasteiger partial charge in [0.05, 0.1) is 24.9 Å². The van der Waals surface area contributed by atoms with Crippen molar-refractivity contribution in [3.8, 4) is 5.75 Å². The SMILES string of the molecule is CNP(=O)(OC[C@H]1O[C@@H](n2cc(F)c(=O)[nH]c2=O)C[C@@H]1N=[N+]=[N-])Oc1ccc(Cl)cc1. The Hall–Kier alpha value is -2.66. The zero-order valence-corrected chi connectivity index (χ0v) is 17.6. The molecule has 4 atom stereocenters. The lowest BCUT2D eigenvalue weighted by Crippen LogP contribution is -2.34. The number of benzene rings is 1. The van der Waals surface area contributed by atoms with Crippen molar-refractivity contribution in [2.75, 3.05) is 13.7 Å². The lowest BCUT2D eigenvalue weighted by molar-refractivity contribution is -0.0243. The lowest BCUT2D eigenvalue weighted by atomic mass is 10.1. The third-order valence-electron chi connectivity index (χ3n) is 4.36. The molecular formula is C16H17ClFN6O6P. The Kier molecular flexibility index (Phi) is 7.16. The van der Waals surface area contributed by atoms with Gasteiger partial charge in [-0.05, 0) is 36.8 Å². The van der Waals surface area contributed by atoms with Crippen LogP contribution in [-0.4, -0.2) is 35.4 Å². The van der Waals surface area contributed by atoms with E-state index >= 15 is 0 Å². The van der Waals surface area contributed by atoms with E-state index in [0.29, 0.717) is 11.2 Å². The molecule has 1 unspecified atom stereocenters. The van der Waals surface area contributed by atoms with Gasteiger partial charge < -0.3 is 9.26 Å². The Morgan fingerprint density at radius 3 is 2.81 bits per heavy atom. The summed E-state index contributed by atoms with van der Waals surface area (Å²) in [7, 11) is -2.47. The van der Waals surface area contributed by atoms with Gasteiger partial charge in [0.15, 0.2) is 0 Å².